The molecule has 0 spiro atoms. The van der Waals surface area contributed by atoms with Crippen molar-refractivity contribution in [2.75, 3.05) is 0 Å². The maximum atomic E-state index is 3.84. The molecule has 0 aliphatic carbocycles. The van der Waals surface area contributed by atoms with Crippen molar-refractivity contribution in [2.24, 2.45) is 11.8 Å². The molecule has 0 aliphatic heterocycles. The Hall–Kier alpha value is 0. The van der Waals surface area contributed by atoms with Gasteiger partial charge >= 0.3 is 0 Å². The summed E-state index contributed by atoms with van der Waals surface area (Å²) >= 11 is 0. The molecule has 0 N–H and O–H groups in total. The normalized spacial score (nSPS) is 11.1. The third-order valence-corrected chi connectivity index (χ3v) is 0.805. The van der Waals surface area contributed by atoms with Crippen molar-refractivity contribution in [1.29, 1.82) is 0 Å². The summed E-state index contributed by atoms with van der Waals surface area (Å²) in [5, 5.41) is 0. The first kappa shape index (κ1) is 7.00. The van der Waals surface area contributed by atoms with Crippen LogP contribution in [-0.2, 0) is 0 Å². The molecule has 0 bridgehead atoms. The highest BCUT2D eigenvalue weighted by Gasteiger charge is 1.96. The highest BCUT2D eigenvalue weighted by atomic mass is 14.0. The van der Waals surface area contributed by atoms with E-state index in [1.807, 2.05) is 0 Å². The van der Waals surface area contributed by atoms with Crippen LogP contribution in [0.3, 0.4) is 0 Å². The van der Waals surface area contributed by atoms with Gasteiger partial charge in [-0.3, -0.25) is 0 Å². The molecule has 0 rings (SSSR count). The first-order valence-electron chi connectivity index (χ1n) is 2.79. The lowest BCUT2D eigenvalue weighted by atomic mass is 10.0. The second-order valence-electron chi connectivity index (χ2n) is 2.45. The predicted molar refractivity (Wildman–Crippen MR) is 33.7 cm³/mol. The molecule has 7 heavy (non-hydrogen) atoms. The summed E-state index contributed by atoms with van der Waals surface area (Å²) in [6, 6.07) is 0. The summed E-state index contributed by atoms with van der Waals surface area (Å²) in [6.45, 7) is 11.9. The molecule has 0 saturated carbocycles. The number of hydrogen-bond donors (Lipinski definition) is 0. The number of hydrogen-bond acceptors (Lipinski definition) is 0. The Morgan fingerprint density at radius 1 is 1.14 bits per heavy atom. The van der Waals surface area contributed by atoms with Crippen LogP contribution in [-0.4, -0.2) is 0 Å². The third-order valence-electron chi connectivity index (χ3n) is 0.805. The SMILES string of the molecule is [CH2]C(C)CC([CH2])C. The minimum atomic E-state index is 0.562. The molecule has 0 heterocycles. The minimum absolute atomic E-state index is 0.562. The Kier molecular flexibility index (Phi) is 3.06. The Morgan fingerprint density at radius 2 is 1.43 bits per heavy atom. The van der Waals surface area contributed by atoms with Gasteiger partial charge in [0.2, 0.25) is 0 Å². The van der Waals surface area contributed by atoms with E-state index in [2.05, 4.69) is 27.7 Å². The molecule has 0 amide bonds. The van der Waals surface area contributed by atoms with Gasteiger partial charge in [0.1, 0.15) is 0 Å². The molecule has 0 aliphatic rings. The van der Waals surface area contributed by atoms with Crippen LogP contribution in [0.15, 0.2) is 0 Å². The lowest BCUT2D eigenvalue weighted by molar-refractivity contribution is 0.538. The molecule has 42 valence electrons. The Morgan fingerprint density at radius 3 is 1.43 bits per heavy atom. The molecule has 2 atom stereocenters. The standard InChI is InChI=1S/C7H14/c1-6(2)5-7(3)4/h6-7H,1,3,5H2,2,4H3. The van der Waals surface area contributed by atoms with Crippen LogP contribution in [0.1, 0.15) is 20.3 Å². The highest BCUT2D eigenvalue weighted by Crippen LogP contribution is 2.07. The van der Waals surface area contributed by atoms with E-state index in [-0.39, 0.29) is 0 Å². The van der Waals surface area contributed by atoms with E-state index in [4.69, 9.17) is 0 Å². The monoisotopic (exact) mass is 98.1 g/mol. The van der Waals surface area contributed by atoms with Gasteiger partial charge in [-0.2, -0.15) is 0 Å². The lowest BCUT2D eigenvalue weighted by Crippen LogP contribution is -1.94. The van der Waals surface area contributed by atoms with Gasteiger partial charge in [0.25, 0.3) is 0 Å². The summed E-state index contributed by atoms with van der Waals surface area (Å²) in [7, 11) is 0. The van der Waals surface area contributed by atoms with Crippen molar-refractivity contribution >= 4 is 0 Å². The summed E-state index contributed by atoms with van der Waals surface area (Å²) in [4.78, 5) is 0. The highest BCUT2D eigenvalue weighted by molar-refractivity contribution is 4.60. The predicted octanol–water partition coefficient (Wildman–Crippen LogP) is 2.32. The molecular weight excluding hydrogens is 84.1 g/mol. The van der Waals surface area contributed by atoms with Crippen molar-refractivity contribution in [3.63, 3.8) is 0 Å². The minimum Gasteiger partial charge on any atom is -0.0625 e. The lowest BCUT2D eigenvalue weighted by Gasteiger charge is -2.05. The molecule has 2 radical (unpaired) electrons. The average Bonchev–Trinajstić information content (AvgIpc) is 1.27. The second kappa shape index (κ2) is 3.06. The van der Waals surface area contributed by atoms with Crippen molar-refractivity contribution in [3.8, 4) is 0 Å². The van der Waals surface area contributed by atoms with Gasteiger partial charge in [-0.05, 0) is 18.3 Å². The van der Waals surface area contributed by atoms with Gasteiger partial charge in [0.05, 0.1) is 0 Å². The molecular formula is C7H14. The molecule has 0 aromatic heterocycles. The zero-order chi connectivity index (χ0) is 5.86. The van der Waals surface area contributed by atoms with E-state index in [1.165, 1.54) is 0 Å². The van der Waals surface area contributed by atoms with Gasteiger partial charge in [0.15, 0.2) is 0 Å². The molecule has 2 unspecified atom stereocenters. The van der Waals surface area contributed by atoms with Gasteiger partial charge in [-0.25, -0.2) is 0 Å². The Labute approximate surface area is 46.9 Å². The van der Waals surface area contributed by atoms with E-state index < -0.39 is 0 Å². The van der Waals surface area contributed by atoms with E-state index in [0.717, 1.165) is 6.42 Å². The van der Waals surface area contributed by atoms with Gasteiger partial charge in [-0.1, -0.05) is 27.7 Å². The Bertz CT molecular complexity index is 29.3. The van der Waals surface area contributed by atoms with Crippen LogP contribution in [0.5, 0.6) is 0 Å². The van der Waals surface area contributed by atoms with Crippen LogP contribution in [0.4, 0.5) is 0 Å². The van der Waals surface area contributed by atoms with Crippen molar-refractivity contribution < 1.29 is 0 Å². The van der Waals surface area contributed by atoms with Crippen LogP contribution in [0.25, 0.3) is 0 Å². The zero-order valence-electron chi connectivity index (χ0n) is 5.28. The maximum absolute atomic E-state index is 3.84. The molecule has 0 nitrogen and oxygen atoms in total. The van der Waals surface area contributed by atoms with Crippen LogP contribution >= 0.6 is 0 Å². The van der Waals surface area contributed by atoms with E-state index >= 15 is 0 Å². The molecule has 0 heteroatoms. The summed E-state index contributed by atoms with van der Waals surface area (Å²) in [6.07, 6.45) is 1.14. The molecule has 0 aromatic carbocycles. The van der Waals surface area contributed by atoms with E-state index in [0.29, 0.717) is 11.8 Å². The van der Waals surface area contributed by atoms with Gasteiger partial charge in [0, 0.05) is 0 Å². The fourth-order valence-electron chi connectivity index (χ4n) is 0.687. The first-order valence-corrected chi connectivity index (χ1v) is 2.79. The van der Waals surface area contributed by atoms with E-state index in [1.54, 1.807) is 0 Å². The quantitative estimate of drug-likeness (QED) is 0.497. The summed E-state index contributed by atoms with van der Waals surface area (Å²) in [5.74, 6) is 1.12. The number of rotatable bonds is 2. The van der Waals surface area contributed by atoms with Crippen LogP contribution in [0.2, 0.25) is 0 Å². The Balaban J connectivity index is 2.95. The maximum Gasteiger partial charge on any atom is -0.0440 e. The molecule has 0 saturated heterocycles. The average molecular weight is 98.2 g/mol. The molecule has 0 fully saturated rings. The molecule has 0 aromatic rings. The second-order valence-corrected chi connectivity index (χ2v) is 2.45. The van der Waals surface area contributed by atoms with Crippen LogP contribution < -0.4 is 0 Å². The van der Waals surface area contributed by atoms with E-state index in [9.17, 15) is 0 Å². The summed E-state index contributed by atoms with van der Waals surface area (Å²) in [5.41, 5.74) is 0. The first-order chi connectivity index (χ1) is 3.13. The van der Waals surface area contributed by atoms with Gasteiger partial charge in [-0.15, -0.1) is 0 Å². The van der Waals surface area contributed by atoms with Crippen molar-refractivity contribution in [2.45, 2.75) is 20.3 Å². The summed E-state index contributed by atoms with van der Waals surface area (Å²) < 4.78 is 0. The van der Waals surface area contributed by atoms with Crippen LogP contribution in [0, 0.1) is 25.7 Å². The largest absolute Gasteiger partial charge is 0.0625 e. The topological polar surface area (TPSA) is 0 Å². The zero-order valence-corrected chi connectivity index (χ0v) is 5.28. The van der Waals surface area contributed by atoms with Crippen molar-refractivity contribution in [1.82, 2.24) is 0 Å². The van der Waals surface area contributed by atoms with Gasteiger partial charge < -0.3 is 0 Å². The van der Waals surface area contributed by atoms with Crippen molar-refractivity contribution in [3.05, 3.63) is 13.8 Å². The fourth-order valence-corrected chi connectivity index (χ4v) is 0.687. The fraction of sp³-hybridized carbons (Fsp3) is 0.714. The smallest absolute Gasteiger partial charge is 0.0440 e. The third kappa shape index (κ3) is 6.00.